The molecule has 0 bridgehead atoms. The zero-order valence-electron chi connectivity index (χ0n) is 20.3. The summed E-state index contributed by atoms with van der Waals surface area (Å²) in [5.41, 5.74) is 3.94. The maximum atomic E-state index is 13.1. The number of nitriles is 1. The van der Waals surface area contributed by atoms with Crippen LogP contribution in [-0.4, -0.2) is 63.5 Å². The van der Waals surface area contributed by atoms with E-state index < -0.39 is 11.6 Å². The molecule has 2 aromatic heterocycles. The molecule has 0 unspecified atom stereocenters. The fourth-order valence-corrected chi connectivity index (χ4v) is 4.74. The van der Waals surface area contributed by atoms with E-state index in [4.69, 9.17) is 0 Å². The lowest BCUT2D eigenvalue weighted by atomic mass is 9.83. The number of aliphatic hydroxyl groups excluding tert-OH is 1. The fourth-order valence-electron chi connectivity index (χ4n) is 4.74. The standard InChI is InChI=1S/C26H28FN7O2/c1-16-7-22(24(36)34(11-16)6-5-33-12-19(27)13-33)32-25-29-4-3-21(31-25)17-8-18(10-28)23-20(9-17)26(2,15-35)14-30-23/h3-4,7-9,11,19,30,35H,5-6,12-15H2,1-2H3,(H,29,31,32)/t26-/m1/s1. The number of hydrogen-bond acceptors (Lipinski definition) is 8. The Labute approximate surface area is 208 Å². The van der Waals surface area contributed by atoms with E-state index in [1.165, 1.54) is 0 Å². The van der Waals surface area contributed by atoms with Gasteiger partial charge in [0.1, 0.15) is 17.9 Å². The Kier molecular flexibility index (Phi) is 6.20. The number of aryl methyl sites for hydroxylation is 1. The van der Waals surface area contributed by atoms with E-state index in [2.05, 4.69) is 26.7 Å². The maximum absolute atomic E-state index is 13.1. The van der Waals surface area contributed by atoms with Crippen molar-refractivity contribution in [3.63, 3.8) is 0 Å². The molecule has 1 fully saturated rings. The van der Waals surface area contributed by atoms with Crippen LogP contribution >= 0.6 is 0 Å². The van der Waals surface area contributed by atoms with E-state index in [0.29, 0.717) is 49.7 Å². The van der Waals surface area contributed by atoms with Gasteiger partial charge >= 0.3 is 0 Å². The van der Waals surface area contributed by atoms with E-state index >= 15 is 0 Å². The Morgan fingerprint density at radius 2 is 2.14 bits per heavy atom. The minimum Gasteiger partial charge on any atom is -0.395 e. The molecule has 1 saturated heterocycles. The summed E-state index contributed by atoms with van der Waals surface area (Å²) in [6, 6.07) is 9.43. The van der Waals surface area contributed by atoms with Gasteiger partial charge in [0.25, 0.3) is 5.56 Å². The van der Waals surface area contributed by atoms with Crippen molar-refractivity contribution in [2.75, 3.05) is 43.4 Å². The number of likely N-dealkylation sites (tertiary alicyclic amines) is 1. The summed E-state index contributed by atoms with van der Waals surface area (Å²) in [5.74, 6) is 0.256. The van der Waals surface area contributed by atoms with Crippen LogP contribution in [0, 0.1) is 18.3 Å². The van der Waals surface area contributed by atoms with Crippen molar-refractivity contribution >= 4 is 17.3 Å². The maximum Gasteiger partial charge on any atom is 0.274 e. The van der Waals surface area contributed by atoms with Crippen LogP contribution in [0.2, 0.25) is 0 Å². The Morgan fingerprint density at radius 3 is 2.86 bits per heavy atom. The number of pyridine rings is 1. The van der Waals surface area contributed by atoms with Crippen molar-refractivity contribution in [1.82, 2.24) is 19.4 Å². The molecular weight excluding hydrogens is 461 g/mol. The monoisotopic (exact) mass is 489 g/mol. The molecular formula is C26H28FN7O2. The number of nitrogens with zero attached hydrogens (tertiary/aromatic N) is 5. The summed E-state index contributed by atoms with van der Waals surface area (Å²) >= 11 is 0. The van der Waals surface area contributed by atoms with Gasteiger partial charge in [-0.15, -0.1) is 0 Å². The van der Waals surface area contributed by atoms with Crippen LogP contribution in [0.1, 0.15) is 23.6 Å². The van der Waals surface area contributed by atoms with E-state index in [9.17, 15) is 19.6 Å². The number of rotatable bonds is 7. The number of alkyl halides is 1. The van der Waals surface area contributed by atoms with Gasteiger partial charge < -0.3 is 20.3 Å². The van der Waals surface area contributed by atoms with E-state index in [1.54, 1.807) is 35.2 Å². The van der Waals surface area contributed by atoms with Crippen molar-refractivity contribution < 1.29 is 9.50 Å². The minimum absolute atomic E-state index is 0.0519. The van der Waals surface area contributed by atoms with E-state index in [-0.39, 0.29) is 18.1 Å². The normalized spacial score (nSPS) is 19.3. The highest BCUT2D eigenvalue weighted by Gasteiger charge is 2.36. The van der Waals surface area contributed by atoms with Gasteiger partial charge in [-0.25, -0.2) is 14.4 Å². The quantitative estimate of drug-likeness (QED) is 0.463. The largest absolute Gasteiger partial charge is 0.395 e. The second kappa shape index (κ2) is 9.33. The zero-order chi connectivity index (χ0) is 25.4. The summed E-state index contributed by atoms with van der Waals surface area (Å²) in [6.45, 7) is 6.24. The molecule has 4 heterocycles. The second-order valence-electron chi connectivity index (χ2n) is 9.81. The Balaban J connectivity index is 1.43. The third-order valence-electron chi connectivity index (χ3n) is 6.90. The molecule has 1 aromatic carbocycles. The molecule has 5 rings (SSSR count). The smallest absolute Gasteiger partial charge is 0.274 e. The average molecular weight is 490 g/mol. The number of fused-ring (bicyclic) bond motifs is 1. The summed E-state index contributed by atoms with van der Waals surface area (Å²) < 4.78 is 14.7. The fraction of sp³-hybridized carbons (Fsp3) is 0.385. The van der Waals surface area contributed by atoms with E-state index in [1.807, 2.05) is 24.8 Å². The molecule has 3 N–H and O–H groups in total. The van der Waals surface area contributed by atoms with Crippen LogP contribution in [0.3, 0.4) is 0 Å². The van der Waals surface area contributed by atoms with Crippen LogP contribution < -0.4 is 16.2 Å². The molecule has 0 saturated carbocycles. The predicted molar refractivity (Wildman–Crippen MR) is 135 cm³/mol. The lowest BCUT2D eigenvalue weighted by molar-refractivity contribution is 0.0626. The first kappa shape index (κ1) is 23.9. The second-order valence-corrected chi connectivity index (χ2v) is 9.81. The number of halogens is 1. The number of benzene rings is 1. The topological polar surface area (TPSA) is 119 Å². The molecule has 3 aromatic rings. The molecule has 0 spiro atoms. The number of nitrogens with one attached hydrogen (secondary N) is 2. The molecule has 186 valence electrons. The number of hydrogen-bond donors (Lipinski definition) is 3. The first-order chi connectivity index (χ1) is 17.3. The van der Waals surface area contributed by atoms with Crippen LogP contribution in [0.4, 0.5) is 21.7 Å². The summed E-state index contributed by atoms with van der Waals surface area (Å²) in [7, 11) is 0. The molecule has 0 amide bonds. The lowest BCUT2D eigenvalue weighted by Crippen LogP contribution is -2.49. The first-order valence-electron chi connectivity index (χ1n) is 11.9. The van der Waals surface area contributed by atoms with Gasteiger partial charge in [0.2, 0.25) is 5.95 Å². The highest BCUT2D eigenvalue weighted by Crippen LogP contribution is 2.41. The number of anilines is 3. The van der Waals surface area contributed by atoms with Crippen molar-refractivity contribution in [2.45, 2.75) is 32.0 Å². The molecule has 10 heteroatoms. The molecule has 2 aliphatic heterocycles. The average Bonchev–Trinajstić information content (AvgIpc) is 3.20. The van der Waals surface area contributed by atoms with Gasteiger partial charge in [-0.3, -0.25) is 9.69 Å². The molecule has 1 atom stereocenters. The summed E-state index contributed by atoms with van der Waals surface area (Å²) in [5, 5.41) is 26.0. The van der Waals surface area contributed by atoms with Crippen LogP contribution in [0.25, 0.3) is 11.3 Å². The zero-order valence-corrected chi connectivity index (χ0v) is 20.3. The molecule has 2 aliphatic rings. The van der Waals surface area contributed by atoms with Crippen molar-refractivity contribution in [3.05, 3.63) is 63.7 Å². The third kappa shape index (κ3) is 4.43. The van der Waals surface area contributed by atoms with Gasteiger partial charge in [0.15, 0.2) is 0 Å². The highest BCUT2D eigenvalue weighted by molar-refractivity contribution is 5.76. The van der Waals surface area contributed by atoms with Gasteiger partial charge in [-0.05, 0) is 42.3 Å². The predicted octanol–water partition coefficient (Wildman–Crippen LogP) is 2.56. The van der Waals surface area contributed by atoms with Crippen molar-refractivity contribution in [2.24, 2.45) is 0 Å². The number of aliphatic hydroxyl groups is 1. The molecule has 36 heavy (non-hydrogen) atoms. The number of aromatic nitrogens is 3. The summed E-state index contributed by atoms with van der Waals surface area (Å²) in [4.78, 5) is 23.9. The van der Waals surface area contributed by atoms with Crippen molar-refractivity contribution in [1.29, 1.82) is 5.26 Å². The Hall–Kier alpha value is -3.81. The molecule has 9 nitrogen and oxygen atoms in total. The van der Waals surface area contributed by atoms with Gasteiger partial charge in [0.05, 0.1) is 23.6 Å². The van der Waals surface area contributed by atoms with Gasteiger partial charge in [0, 0.05) is 56.1 Å². The minimum atomic E-state index is -0.774. The van der Waals surface area contributed by atoms with Crippen LogP contribution in [-0.2, 0) is 12.0 Å². The molecule has 0 aliphatic carbocycles. The van der Waals surface area contributed by atoms with Crippen molar-refractivity contribution in [3.8, 4) is 17.3 Å². The first-order valence-corrected chi connectivity index (χ1v) is 11.9. The van der Waals surface area contributed by atoms with E-state index in [0.717, 1.165) is 22.4 Å². The summed E-state index contributed by atoms with van der Waals surface area (Å²) in [6.07, 6.45) is 2.61. The van der Waals surface area contributed by atoms with Crippen LogP contribution in [0.15, 0.2) is 41.5 Å². The Bertz CT molecular complexity index is 1410. The highest BCUT2D eigenvalue weighted by atomic mass is 19.1. The SMILES string of the molecule is Cc1cc(Nc2nccc(-c3cc(C#N)c4c(c3)[C@@](C)(CO)CN4)n2)c(=O)n(CCN2CC(F)C2)c1. The van der Waals surface area contributed by atoms with Crippen LogP contribution in [0.5, 0.6) is 0 Å². The van der Waals surface area contributed by atoms with Gasteiger partial charge in [-0.1, -0.05) is 6.92 Å². The third-order valence-corrected chi connectivity index (χ3v) is 6.90. The lowest BCUT2D eigenvalue weighted by Gasteiger charge is -2.34. The van der Waals surface area contributed by atoms with Gasteiger partial charge in [-0.2, -0.15) is 5.26 Å². The molecule has 0 radical (unpaired) electrons. The Morgan fingerprint density at radius 1 is 1.33 bits per heavy atom.